The summed E-state index contributed by atoms with van der Waals surface area (Å²) in [5.74, 6) is 0.126. The molecule has 0 radical (unpaired) electrons. The monoisotopic (exact) mass is 352 g/mol. The second kappa shape index (κ2) is 7.02. The molecule has 0 fully saturated rings. The average Bonchev–Trinajstić information content (AvgIpc) is 2.86. The molecule has 0 N–H and O–H groups in total. The van der Waals surface area contributed by atoms with E-state index in [9.17, 15) is 14.4 Å². The average molecular weight is 352 g/mol. The third-order valence-corrected chi connectivity index (χ3v) is 5.24. The van der Waals surface area contributed by atoms with E-state index >= 15 is 0 Å². The predicted molar refractivity (Wildman–Crippen MR) is 99.1 cm³/mol. The first-order valence-corrected chi connectivity index (χ1v) is 9.21. The molecule has 3 aliphatic rings. The molecule has 3 rings (SSSR count). The quantitative estimate of drug-likeness (QED) is 0.528. The van der Waals surface area contributed by atoms with Gasteiger partial charge < -0.3 is 4.74 Å². The first-order valence-electron chi connectivity index (χ1n) is 9.21. The fourth-order valence-electron chi connectivity index (χ4n) is 3.80. The SMILES string of the molecule is C/C=C/C1=CC2=CC3=C(C(=O)CCCCC)C(=O)C[C@@]3(C)C(=O)C2=CO1. The van der Waals surface area contributed by atoms with Crippen molar-refractivity contribution in [2.75, 3.05) is 0 Å². The largest absolute Gasteiger partial charge is 0.464 e. The minimum Gasteiger partial charge on any atom is -0.464 e. The number of hydrogen-bond acceptors (Lipinski definition) is 4. The zero-order chi connectivity index (χ0) is 18.9. The lowest BCUT2D eigenvalue weighted by Crippen LogP contribution is -2.33. The second-order valence-electron chi connectivity index (χ2n) is 7.23. The molecule has 1 heterocycles. The highest BCUT2D eigenvalue weighted by atomic mass is 16.5. The van der Waals surface area contributed by atoms with Crippen LogP contribution in [0.3, 0.4) is 0 Å². The Kier molecular flexibility index (Phi) is 4.94. The third-order valence-electron chi connectivity index (χ3n) is 5.24. The summed E-state index contributed by atoms with van der Waals surface area (Å²) >= 11 is 0. The third kappa shape index (κ3) is 2.94. The van der Waals surface area contributed by atoms with Gasteiger partial charge in [0.1, 0.15) is 12.0 Å². The Morgan fingerprint density at radius 3 is 2.73 bits per heavy atom. The Morgan fingerprint density at radius 2 is 2.04 bits per heavy atom. The van der Waals surface area contributed by atoms with E-state index in [1.807, 2.05) is 19.1 Å². The van der Waals surface area contributed by atoms with E-state index in [1.54, 1.807) is 19.1 Å². The van der Waals surface area contributed by atoms with Crippen LogP contribution in [0.5, 0.6) is 0 Å². The van der Waals surface area contributed by atoms with Gasteiger partial charge in [0.25, 0.3) is 0 Å². The summed E-state index contributed by atoms with van der Waals surface area (Å²) in [5.41, 5.74) is 1.03. The maximum atomic E-state index is 13.1. The van der Waals surface area contributed by atoms with Crippen molar-refractivity contribution in [3.05, 3.63) is 58.6 Å². The molecular formula is C22H24O4. The molecule has 1 aliphatic heterocycles. The maximum absolute atomic E-state index is 13.1. The van der Waals surface area contributed by atoms with Gasteiger partial charge in [-0.2, -0.15) is 0 Å². The van der Waals surface area contributed by atoms with Crippen molar-refractivity contribution in [2.24, 2.45) is 5.41 Å². The van der Waals surface area contributed by atoms with E-state index in [0.717, 1.165) is 19.3 Å². The van der Waals surface area contributed by atoms with Crippen LogP contribution in [-0.2, 0) is 19.1 Å². The van der Waals surface area contributed by atoms with E-state index in [-0.39, 0.29) is 29.3 Å². The molecule has 1 atom stereocenters. The fraction of sp³-hybridized carbons (Fsp3) is 0.409. The molecule has 0 aromatic rings. The number of allylic oxidation sites excluding steroid dienone is 8. The molecule has 0 saturated carbocycles. The lowest BCUT2D eigenvalue weighted by Gasteiger charge is -2.31. The van der Waals surface area contributed by atoms with Crippen LogP contribution in [0.2, 0.25) is 0 Å². The lowest BCUT2D eigenvalue weighted by atomic mass is 9.70. The van der Waals surface area contributed by atoms with E-state index in [0.29, 0.717) is 28.9 Å². The Morgan fingerprint density at radius 1 is 1.27 bits per heavy atom. The summed E-state index contributed by atoms with van der Waals surface area (Å²) in [7, 11) is 0. The highest BCUT2D eigenvalue weighted by molar-refractivity contribution is 6.27. The summed E-state index contributed by atoms with van der Waals surface area (Å²) in [6, 6.07) is 0. The fourth-order valence-corrected chi connectivity index (χ4v) is 3.80. The molecule has 0 aromatic carbocycles. The van der Waals surface area contributed by atoms with Crippen LogP contribution in [0.15, 0.2) is 58.6 Å². The van der Waals surface area contributed by atoms with Crippen LogP contribution in [0.25, 0.3) is 0 Å². The van der Waals surface area contributed by atoms with Crippen molar-refractivity contribution in [1.29, 1.82) is 0 Å². The zero-order valence-corrected chi connectivity index (χ0v) is 15.6. The van der Waals surface area contributed by atoms with Gasteiger partial charge in [0, 0.05) is 12.8 Å². The number of ketones is 3. The molecule has 0 saturated heterocycles. The van der Waals surface area contributed by atoms with Crippen molar-refractivity contribution >= 4 is 17.3 Å². The summed E-state index contributed by atoms with van der Waals surface area (Å²) in [4.78, 5) is 38.3. The van der Waals surface area contributed by atoms with Gasteiger partial charge in [-0.1, -0.05) is 25.8 Å². The Labute approximate surface area is 154 Å². The predicted octanol–water partition coefficient (Wildman–Crippen LogP) is 4.29. The molecule has 136 valence electrons. The molecule has 0 spiro atoms. The van der Waals surface area contributed by atoms with Crippen LogP contribution in [0.1, 0.15) is 52.9 Å². The van der Waals surface area contributed by atoms with Gasteiger partial charge in [-0.3, -0.25) is 14.4 Å². The summed E-state index contributed by atoms with van der Waals surface area (Å²) < 4.78 is 5.50. The van der Waals surface area contributed by atoms with E-state index < -0.39 is 5.41 Å². The summed E-state index contributed by atoms with van der Waals surface area (Å²) in [6.07, 6.45) is 11.9. The van der Waals surface area contributed by atoms with Crippen molar-refractivity contribution in [3.63, 3.8) is 0 Å². The Balaban J connectivity index is 2.06. The van der Waals surface area contributed by atoms with Gasteiger partial charge in [-0.25, -0.2) is 0 Å². The number of carbonyl (C=O) groups excluding carboxylic acids is 3. The minimum absolute atomic E-state index is 0.0581. The molecule has 4 nitrogen and oxygen atoms in total. The molecule has 26 heavy (non-hydrogen) atoms. The van der Waals surface area contributed by atoms with E-state index in [4.69, 9.17) is 4.74 Å². The van der Waals surface area contributed by atoms with Gasteiger partial charge in [0.05, 0.1) is 16.6 Å². The number of ether oxygens (including phenoxy) is 1. The van der Waals surface area contributed by atoms with E-state index in [2.05, 4.69) is 6.92 Å². The minimum atomic E-state index is -0.961. The number of carbonyl (C=O) groups is 3. The van der Waals surface area contributed by atoms with Crippen molar-refractivity contribution in [1.82, 2.24) is 0 Å². The second-order valence-corrected chi connectivity index (χ2v) is 7.23. The normalized spacial score (nSPS) is 24.8. The Hall–Kier alpha value is -2.49. The lowest BCUT2D eigenvalue weighted by molar-refractivity contribution is -0.126. The van der Waals surface area contributed by atoms with Gasteiger partial charge in [0.15, 0.2) is 17.3 Å². The zero-order valence-electron chi connectivity index (χ0n) is 15.6. The van der Waals surface area contributed by atoms with Gasteiger partial charge in [0.2, 0.25) is 0 Å². The first-order chi connectivity index (χ1) is 12.4. The highest BCUT2D eigenvalue weighted by Gasteiger charge is 2.51. The van der Waals surface area contributed by atoms with Crippen LogP contribution < -0.4 is 0 Å². The molecule has 2 aliphatic carbocycles. The highest BCUT2D eigenvalue weighted by Crippen LogP contribution is 2.49. The van der Waals surface area contributed by atoms with E-state index in [1.165, 1.54) is 6.26 Å². The van der Waals surface area contributed by atoms with Crippen molar-refractivity contribution in [2.45, 2.75) is 52.9 Å². The molecule has 0 bridgehead atoms. The number of hydrogen-bond donors (Lipinski definition) is 0. The van der Waals surface area contributed by atoms with Crippen LogP contribution in [-0.4, -0.2) is 17.3 Å². The van der Waals surface area contributed by atoms with Crippen molar-refractivity contribution < 1.29 is 19.1 Å². The number of Topliss-reactive ketones (excluding diaryl/α,β-unsaturated/α-hetero) is 3. The number of fused-ring (bicyclic) bond motifs is 2. The van der Waals surface area contributed by atoms with Gasteiger partial charge in [-0.05, 0) is 49.6 Å². The topological polar surface area (TPSA) is 60.4 Å². The van der Waals surface area contributed by atoms with Crippen molar-refractivity contribution in [3.8, 4) is 0 Å². The van der Waals surface area contributed by atoms with Gasteiger partial charge >= 0.3 is 0 Å². The standard InChI is InChI=1S/C22H24O4/c1-4-6-7-9-18(23)20-17-11-14-10-15(8-5-2)26-13-16(14)21(25)22(17,3)12-19(20)24/h5,8,10-11,13H,4,6-7,9,12H2,1-3H3/b8-5+/t22-/m1/s1. The summed E-state index contributed by atoms with van der Waals surface area (Å²) in [6.45, 7) is 5.71. The summed E-state index contributed by atoms with van der Waals surface area (Å²) in [5, 5.41) is 0. The molecule has 4 heteroatoms. The number of unbranched alkanes of at least 4 members (excludes halogenated alkanes) is 2. The van der Waals surface area contributed by atoms with Crippen LogP contribution >= 0.6 is 0 Å². The van der Waals surface area contributed by atoms with Crippen LogP contribution in [0, 0.1) is 5.41 Å². The molecule has 0 unspecified atom stereocenters. The first kappa shape index (κ1) is 18.3. The molecular weight excluding hydrogens is 328 g/mol. The van der Waals surface area contributed by atoms with Gasteiger partial charge in [-0.15, -0.1) is 0 Å². The number of rotatable bonds is 6. The molecule has 0 amide bonds. The van der Waals surface area contributed by atoms with Crippen LogP contribution in [0.4, 0.5) is 0 Å². The smallest absolute Gasteiger partial charge is 0.177 e. The Bertz CT molecular complexity index is 832. The maximum Gasteiger partial charge on any atom is 0.177 e. The molecule has 0 aromatic heterocycles.